The van der Waals surface area contributed by atoms with Crippen LogP contribution in [0.15, 0.2) is 24.3 Å². The predicted molar refractivity (Wildman–Crippen MR) is 61.7 cm³/mol. The van der Waals surface area contributed by atoms with Gasteiger partial charge in [0.1, 0.15) is 5.41 Å². The highest BCUT2D eigenvalue weighted by atomic mass is 35.5. The lowest BCUT2D eigenvalue weighted by Crippen LogP contribution is -2.48. The van der Waals surface area contributed by atoms with Crippen LogP contribution >= 0.6 is 11.6 Å². The average molecular weight is 281 g/mol. The number of benzene rings is 1. The van der Waals surface area contributed by atoms with Crippen molar-refractivity contribution in [1.82, 2.24) is 0 Å². The minimum Gasteiger partial charge on any atom is -0.481 e. The van der Waals surface area contributed by atoms with Gasteiger partial charge >= 0.3 is 5.97 Å². The van der Waals surface area contributed by atoms with Crippen molar-refractivity contribution in [1.29, 1.82) is 0 Å². The summed E-state index contributed by atoms with van der Waals surface area (Å²) in [6, 6.07) is 4.62. The van der Waals surface area contributed by atoms with Crippen LogP contribution in [0.5, 0.6) is 0 Å². The SMILES string of the molecule is CC(C)(C(=O)O)C(F)(c1ccc(Cl)cc1)C(F)F. The third kappa shape index (κ3) is 2.19. The minimum atomic E-state index is -3.47. The summed E-state index contributed by atoms with van der Waals surface area (Å²) < 4.78 is 40.7. The lowest BCUT2D eigenvalue weighted by molar-refractivity contribution is -0.173. The van der Waals surface area contributed by atoms with Gasteiger partial charge in [-0.15, -0.1) is 0 Å². The van der Waals surface area contributed by atoms with Gasteiger partial charge < -0.3 is 5.11 Å². The summed E-state index contributed by atoms with van der Waals surface area (Å²) in [5.74, 6) is -1.64. The molecular formula is C12H12ClF3O2. The van der Waals surface area contributed by atoms with E-state index in [9.17, 15) is 18.0 Å². The normalized spacial score (nSPS) is 15.5. The van der Waals surface area contributed by atoms with E-state index in [-0.39, 0.29) is 5.02 Å². The first-order valence-corrected chi connectivity index (χ1v) is 5.48. The Morgan fingerprint density at radius 3 is 2.06 bits per heavy atom. The van der Waals surface area contributed by atoms with E-state index in [2.05, 4.69) is 0 Å². The quantitative estimate of drug-likeness (QED) is 0.909. The Labute approximate surface area is 107 Å². The average Bonchev–Trinajstić information content (AvgIpc) is 2.28. The second kappa shape index (κ2) is 4.80. The van der Waals surface area contributed by atoms with E-state index >= 15 is 0 Å². The second-order valence-corrected chi connectivity index (χ2v) is 4.89. The molecule has 1 atom stereocenters. The summed E-state index contributed by atoms with van der Waals surface area (Å²) in [7, 11) is 0. The topological polar surface area (TPSA) is 37.3 Å². The monoisotopic (exact) mass is 280 g/mol. The molecule has 0 bridgehead atoms. The highest BCUT2D eigenvalue weighted by Crippen LogP contribution is 2.48. The fourth-order valence-electron chi connectivity index (χ4n) is 1.61. The van der Waals surface area contributed by atoms with E-state index < -0.39 is 29.0 Å². The van der Waals surface area contributed by atoms with E-state index in [0.29, 0.717) is 0 Å². The highest BCUT2D eigenvalue weighted by Gasteiger charge is 2.58. The van der Waals surface area contributed by atoms with Gasteiger partial charge in [0.25, 0.3) is 6.43 Å². The van der Waals surface area contributed by atoms with E-state index in [1.807, 2.05) is 0 Å². The molecule has 0 radical (unpaired) electrons. The maximum absolute atomic E-state index is 14.6. The van der Waals surface area contributed by atoms with Crippen molar-refractivity contribution in [2.24, 2.45) is 5.41 Å². The van der Waals surface area contributed by atoms with Gasteiger partial charge in [0.2, 0.25) is 5.67 Å². The molecule has 0 spiro atoms. The summed E-state index contributed by atoms with van der Waals surface area (Å²) in [6.45, 7) is 1.85. The number of aliphatic carboxylic acids is 1. The van der Waals surface area contributed by atoms with Crippen molar-refractivity contribution < 1.29 is 23.1 Å². The van der Waals surface area contributed by atoms with Crippen molar-refractivity contribution in [2.75, 3.05) is 0 Å². The Bertz CT molecular complexity index is 445. The number of alkyl halides is 3. The number of carboxylic acids is 1. The standard InChI is InChI=1S/C12H12ClF3O2/c1-11(2,10(17)18)12(16,9(14)15)7-3-5-8(13)6-4-7/h3-6,9H,1-2H3,(H,17,18). The van der Waals surface area contributed by atoms with Gasteiger partial charge in [-0.25, -0.2) is 13.2 Å². The zero-order chi connectivity index (χ0) is 14.1. The Hall–Kier alpha value is -1.23. The third-order valence-electron chi connectivity index (χ3n) is 3.01. The number of carbonyl (C=O) groups is 1. The molecular weight excluding hydrogens is 269 g/mol. The summed E-state index contributed by atoms with van der Waals surface area (Å²) in [5.41, 5.74) is -5.97. The van der Waals surface area contributed by atoms with E-state index in [1.54, 1.807) is 0 Å². The molecule has 18 heavy (non-hydrogen) atoms. The maximum Gasteiger partial charge on any atom is 0.312 e. The van der Waals surface area contributed by atoms with Gasteiger partial charge in [0.05, 0.1) is 0 Å². The van der Waals surface area contributed by atoms with Crippen molar-refractivity contribution >= 4 is 17.6 Å². The highest BCUT2D eigenvalue weighted by molar-refractivity contribution is 6.30. The fraction of sp³-hybridized carbons (Fsp3) is 0.417. The van der Waals surface area contributed by atoms with Crippen LogP contribution in [0.1, 0.15) is 19.4 Å². The zero-order valence-corrected chi connectivity index (χ0v) is 10.5. The van der Waals surface area contributed by atoms with E-state index in [1.165, 1.54) is 12.1 Å². The van der Waals surface area contributed by atoms with Crippen LogP contribution in [-0.2, 0) is 10.5 Å². The molecule has 0 aromatic heterocycles. The molecule has 0 aliphatic heterocycles. The molecule has 0 aliphatic carbocycles. The first kappa shape index (κ1) is 14.8. The molecule has 0 amide bonds. The molecule has 6 heteroatoms. The van der Waals surface area contributed by atoms with Gasteiger partial charge in [-0.1, -0.05) is 23.7 Å². The lowest BCUT2D eigenvalue weighted by Gasteiger charge is -2.36. The number of carboxylic acid groups (broad SMARTS) is 1. The number of rotatable bonds is 4. The summed E-state index contributed by atoms with van der Waals surface area (Å²) in [4.78, 5) is 11.0. The summed E-state index contributed by atoms with van der Waals surface area (Å²) in [6.07, 6.45) is -3.47. The van der Waals surface area contributed by atoms with Crippen LogP contribution in [0.3, 0.4) is 0 Å². The van der Waals surface area contributed by atoms with Crippen LogP contribution < -0.4 is 0 Å². The van der Waals surface area contributed by atoms with Gasteiger partial charge in [-0.2, -0.15) is 0 Å². The van der Waals surface area contributed by atoms with Crippen LogP contribution in [-0.4, -0.2) is 17.5 Å². The Balaban J connectivity index is 3.41. The molecule has 100 valence electrons. The van der Waals surface area contributed by atoms with Crippen LogP contribution in [0.25, 0.3) is 0 Å². The first-order valence-electron chi connectivity index (χ1n) is 5.10. The van der Waals surface area contributed by atoms with Crippen LogP contribution in [0, 0.1) is 5.41 Å². The Kier molecular flexibility index (Phi) is 3.96. The molecule has 0 saturated carbocycles. The van der Waals surface area contributed by atoms with E-state index in [0.717, 1.165) is 26.0 Å². The number of halogens is 4. The van der Waals surface area contributed by atoms with Crippen molar-refractivity contribution in [3.8, 4) is 0 Å². The van der Waals surface area contributed by atoms with Gasteiger partial charge in [-0.3, -0.25) is 4.79 Å². The first-order chi connectivity index (χ1) is 8.14. The Morgan fingerprint density at radius 2 is 1.72 bits per heavy atom. The molecule has 1 aromatic carbocycles. The van der Waals surface area contributed by atoms with Gasteiger partial charge in [0.15, 0.2) is 0 Å². The fourth-order valence-corrected chi connectivity index (χ4v) is 1.73. The zero-order valence-electron chi connectivity index (χ0n) is 9.75. The minimum absolute atomic E-state index is 0.253. The predicted octanol–water partition coefficient (Wildman–Crippen LogP) is 3.88. The molecule has 2 nitrogen and oxygen atoms in total. The number of hydrogen-bond donors (Lipinski definition) is 1. The number of hydrogen-bond acceptors (Lipinski definition) is 1. The van der Waals surface area contributed by atoms with Crippen LogP contribution in [0.4, 0.5) is 13.2 Å². The molecule has 1 aromatic rings. The van der Waals surface area contributed by atoms with Crippen molar-refractivity contribution in [2.45, 2.75) is 25.9 Å². The molecule has 1 rings (SSSR count). The van der Waals surface area contributed by atoms with E-state index in [4.69, 9.17) is 16.7 Å². The molecule has 1 unspecified atom stereocenters. The van der Waals surface area contributed by atoms with Crippen molar-refractivity contribution in [3.63, 3.8) is 0 Å². The smallest absolute Gasteiger partial charge is 0.312 e. The third-order valence-corrected chi connectivity index (χ3v) is 3.26. The molecule has 0 heterocycles. The van der Waals surface area contributed by atoms with Crippen LogP contribution in [0.2, 0.25) is 5.02 Å². The van der Waals surface area contributed by atoms with Gasteiger partial charge in [-0.05, 0) is 31.5 Å². The maximum atomic E-state index is 14.6. The second-order valence-electron chi connectivity index (χ2n) is 4.45. The van der Waals surface area contributed by atoms with Gasteiger partial charge in [0, 0.05) is 5.02 Å². The molecule has 0 aliphatic rings. The largest absolute Gasteiger partial charge is 0.481 e. The Morgan fingerprint density at radius 1 is 1.28 bits per heavy atom. The summed E-state index contributed by atoms with van der Waals surface area (Å²) in [5, 5.41) is 9.20. The van der Waals surface area contributed by atoms with Crippen molar-refractivity contribution in [3.05, 3.63) is 34.9 Å². The summed E-state index contributed by atoms with van der Waals surface area (Å²) >= 11 is 5.59. The molecule has 0 saturated heterocycles. The lowest BCUT2D eigenvalue weighted by atomic mass is 9.72. The molecule has 0 fully saturated rings. The molecule has 1 N–H and O–H groups in total.